The zero-order valence-electron chi connectivity index (χ0n) is 9.61. The Labute approximate surface area is 99.6 Å². The highest BCUT2D eigenvalue weighted by atomic mass is 32.2. The Morgan fingerprint density at radius 3 is 2.71 bits per heavy atom. The van der Waals surface area contributed by atoms with Gasteiger partial charge in [0.2, 0.25) is 0 Å². The standard InChI is InChI=1S/C11H14N2O3S/c1-8(17(2,15)16)11(14)9-7-13-6-4-3-5-10(13)12-9/h3-8,11,14H,1-2H3/t8-,11-/m1/s1. The average molecular weight is 254 g/mol. The van der Waals surface area contributed by atoms with Gasteiger partial charge >= 0.3 is 0 Å². The summed E-state index contributed by atoms with van der Waals surface area (Å²) in [5.74, 6) is 0. The molecule has 0 fully saturated rings. The fourth-order valence-electron chi connectivity index (χ4n) is 1.57. The Hall–Kier alpha value is -1.40. The van der Waals surface area contributed by atoms with Gasteiger partial charge in [0.15, 0.2) is 9.84 Å². The van der Waals surface area contributed by atoms with Crippen molar-refractivity contribution in [2.24, 2.45) is 0 Å². The van der Waals surface area contributed by atoms with E-state index in [0.29, 0.717) is 11.3 Å². The lowest BCUT2D eigenvalue weighted by atomic mass is 10.2. The van der Waals surface area contributed by atoms with E-state index < -0.39 is 21.2 Å². The lowest BCUT2D eigenvalue weighted by molar-refractivity contribution is 0.172. The number of aliphatic hydroxyl groups excluding tert-OH is 1. The second-order valence-electron chi connectivity index (χ2n) is 4.11. The maximum absolute atomic E-state index is 11.4. The molecule has 1 N–H and O–H groups in total. The molecule has 0 aliphatic carbocycles. The molecule has 0 aliphatic heterocycles. The summed E-state index contributed by atoms with van der Waals surface area (Å²) in [5.41, 5.74) is 1.05. The summed E-state index contributed by atoms with van der Waals surface area (Å²) in [6.45, 7) is 1.48. The molecule has 2 aromatic rings. The number of aliphatic hydroxyl groups is 1. The molecule has 2 aromatic heterocycles. The van der Waals surface area contributed by atoms with Crippen LogP contribution in [-0.4, -0.2) is 34.4 Å². The van der Waals surface area contributed by atoms with Crippen molar-refractivity contribution in [2.75, 3.05) is 6.26 Å². The molecule has 2 rings (SSSR count). The average Bonchev–Trinajstić information content (AvgIpc) is 2.69. The molecule has 5 nitrogen and oxygen atoms in total. The maximum atomic E-state index is 11.4. The number of pyridine rings is 1. The Kier molecular flexibility index (Phi) is 2.92. The molecule has 6 heteroatoms. The van der Waals surface area contributed by atoms with Crippen LogP contribution in [0.1, 0.15) is 18.7 Å². The van der Waals surface area contributed by atoms with Crippen molar-refractivity contribution in [3.05, 3.63) is 36.3 Å². The van der Waals surface area contributed by atoms with Gasteiger partial charge in [0.25, 0.3) is 0 Å². The van der Waals surface area contributed by atoms with Gasteiger partial charge in [0, 0.05) is 18.6 Å². The van der Waals surface area contributed by atoms with Gasteiger partial charge in [0.1, 0.15) is 11.8 Å². The number of sulfone groups is 1. The topological polar surface area (TPSA) is 71.7 Å². The van der Waals surface area contributed by atoms with E-state index in [1.165, 1.54) is 6.92 Å². The summed E-state index contributed by atoms with van der Waals surface area (Å²) in [6.07, 6.45) is 3.44. The Morgan fingerprint density at radius 2 is 2.12 bits per heavy atom. The molecule has 2 heterocycles. The number of fused-ring (bicyclic) bond motifs is 1. The van der Waals surface area contributed by atoms with E-state index in [9.17, 15) is 13.5 Å². The first-order valence-electron chi connectivity index (χ1n) is 5.20. The maximum Gasteiger partial charge on any atom is 0.152 e. The number of nitrogens with zero attached hydrogens (tertiary/aromatic N) is 2. The van der Waals surface area contributed by atoms with Crippen LogP contribution in [0.5, 0.6) is 0 Å². The minimum atomic E-state index is -3.29. The highest BCUT2D eigenvalue weighted by Gasteiger charge is 2.27. The quantitative estimate of drug-likeness (QED) is 0.879. The Bertz CT molecular complexity index is 600. The second kappa shape index (κ2) is 4.12. The first kappa shape index (κ1) is 12.1. The lowest BCUT2D eigenvalue weighted by Gasteiger charge is -2.14. The molecule has 0 amide bonds. The highest BCUT2D eigenvalue weighted by molar-refractivity contribution is 7.91. The van der Waals surface area contributed by atoms with Crippen LogP contribution in [0.2, 0.25) is 0 Å². The van der Waals surface area contributed by atoms with E-state index in [0.717, 1.165) is 6.26 Å². The van der Waals surface area contributed by atoms with Crippen molar-refractivity contribution in [1.82, 2.24) is 9.38 Å². The number of hydrogen-bond acceptors (Lipinski definition) is 4. The third-order valence-electron chi connectivity index (χ3n) is 2.81. The number of aromatic nitrogens is 2. The van der Waals surface area contributed by atoms with Crippen LogP contribution < -0.4 is 0 Å². The van der Waals surface area contributed by atoms with E-state index in [-0.39, 0.29) is 0 Å². The summed E-state index contributed by atoms with van der Waals surface area (Å²) < 4.78 is 24.5. The first-order chi connectivity index (χ1) is 7.89. The molecule has 17 heavy (non-hydrogen) atoms. The van der Waals surface area contributed by atoms with Crippen molar-refractivity contribution in [3.8, 4) is 0 Å². The van der Waals surface area contributed by atoms with Gasteiger partial charge in [0.05, 0.1) is 10.9 Å². The van der Waals surface area contributed by atoms with Crippen molar-refractivity contribution in [2.45, 2.75) is 18.3 Å². The highest BCUT2D eigenvalue weighted by Crippen LogP contribution is 2.21. The fourth-order valence-corrected chi connectivity index (χ4v) is 2.18. The molecule has 2 atom stereocenters. The molecule has 0 radical (unpaired) electrons. The predicted octanol–water partition coefficient (Wildman–Crippen LogP) is 0.801. The molecule has 0 saturated carbocycles. The molecular formula is C11H14N2O3S. The number of imidazole rings is 1. The van der Waals surface area contributed by atoms with Gasteiger partial charge in [-0.1, -0.05) is 6.07 Å². The van der Waals surface area contributed by atoms with Crippen LogP contribution in [0.4, 0.5) is 0 Å². The van der Waals surface area contributed by atoms with Crippen molar-refractivity contribution in [3.63, 3.8) is 0 Å². The van der Waals surface area contributed by atoms with Crippen LogP contribution in [0.3, 0.4) is 0 Å². The molecule has 0 unspecified atom stereocenters. The summed E-state index contributed by atoms with van der Waals surface area (Å²) in [4.78, 5) is 4.20. The summed E-state index contributed by atoms with van der Waals surface area (Å²) in [7, 11) is -3.29. The van der Waals surface area contributed by atoms with Gasteiger partial charge < -0.3 is 9.51 Å². The van der Waals surface area contributed by atoms with Gasteiger partial charge in [-0.2, -0.15) is 0 Å². The molecule has 92 valence electrons. The van der Waals surface area contributed by atoms with Gasteiger partial charge in [-0.25, -0.2) is 13.4 Å². The zero-order valence-corrected chi connectivity index (χ0v) is 10.4. The van der Waals surface area contributed by atoms with Gasteiger partial charge in [-0.05, 0) is 19.1 Å². The van der Waals surface area contributed by atoms with E-state index in [2.05, 4.69) is 4.98 Å². The van der Waals surface area contributed by atoms with Crippen LogP contribution in [0.25, 0.3) is 5.65 Å². The molecule has 0 aromatic carbocycles. The minimum Gasteiger partial charge on any atom is -0.385 e. The van der Waals surface area contributed by atoms with Crippen LogP contribution in [0, 0.1) is 0 Å². The van der Waals surface area contributed by atoms with Crippen LogP contribution >= 0.6 is 0 Å². The lowest BCUT2D eigenvalue weighted by Crippen LogP contribution is -2.24. The summed E-state index contributed by atoms with van der Waals surface area (Å²) in [6, 6.07) is 5.46. The fraction of sp³-hybridized carbons (Fsp3) is 0.364. The number of hydrogen-bond donors (Lipinski definition) is 1. The SMILES string of the molecule is C[C@H]([C@@H](O)c1cn2ccccc2n1)S(C)(=O)=O. The van der Waals surface area contributed by atoms with Crippen LogP contribution in [0.15, 0.2) is 30.6 Å². The van der Waals surface area contributed by atoms with E-state index >= 15 is 0 Å². The van der Waals surface area contributed by atoms with E-state index in [1.54, 1.807) is 22.9 Å². The van der Waals surface area contributed by atoms with Gasteiger partial charge in [-0.15, -0.1) is 0 Å². The largest absolute Gasteiger partial charge is 0.385 e. The molecule has 0 bridgehead atoms. The van der Waals surface area contributed by atoms with Crippen molar-refractivity contribution in [1.29, 1.82) is 0 Å². The molecule has 0 aliphatic rings. The first-order valence-corrected chi connectivity index (χ1v) is 7.15. The minimum absolute atomic E-state index is 0.370. The Morgan fingerprint density at radius 1 is 1.41 bits per heavy atom. The molecular weight excluding hydrogens is 240 g/mol. The second-order valence-corrected chi connectivity index (χ2v) is 6.51. The van der Waals surface area contributed by atoms with E-state index in [4.69, 9.17) is 0 Å². The predicted molar refractivity (Wildman–Crippen MR) is 64.5 cm³/mol. The van der Waals surface area contributed by atoms with Gasteiger partial charge in [-0.3, -0.25) is 0 Å². The van der Waals surface area contributed by atoms with Crippen molar-refractivity contribution < 1.29 is 13.5 Å². The van der Waals surface area contributed by atoms with Crippen molar-refractivity contribution >= 4 is 15.5 Å². The smallest absolute Gasteiger partial charge is 0.152 e. The van der Waals surface area contributed by atoms with Crippen LogP contribution in [-0.2, 0) is 9.84 Å². The summed E-state index contributed by atoms with van der Waals surface area (Å²) in [5, 5.41) is 9.10. The summed E-state index contributed by atoms with van der Waals surface area (Å²) >= 11 is 0. The Balaban J connectivity index is 2.40. The molecule has 0 spiro atoms. The third kappa shape index (κ3) is 2.32. The normalized spacial score (nSPS) is 15.9. The molecule has 0 saturated heterocycles. The van der Waals surface area contributed by atoms with E-state index in [1.807, 2.05) is 12.1 Å². The third-order valence-corrected chi connectivity index (χ3v) is 4.41. The zero-order chi connectivity index (χ0) is 12.6. The number of rotatable bonds is 3. The monoisotopic (exact) mass is 254 g/mol.